The number of benzene rings is 2. The van der Waals surface area contributed by atoms with Crippen molar-refractivity contribution in [3.63, 3.8) is 0 Å². The summed E-state index contributed by atoms with van der Waals surface area (Å²) in [4.78, 5) is 12.4. The van der Waals surface area contributed by atoms with Gasteiger partial charge in [-0.15, -0.1) is 0 Å². The minimum absolute atomic E-state index is 0.133. The normalized spacial score (nSPS) is 10.8. The maximum absolute atomic E-state index is 12.4. The van der Waals surface area contributed by atoms with E-state index in [1.54, 1.807) is 36.4 Å². The van der Waals surface area contributed by atoms with Crippen LogP contribution in [0.5, 0.6) is 17.2 Å². The van der Waals surface area contributed by atoms with Crippen molar-refractivity contribution in [2.24, 2.45) is 0 Å². The molecule has 0 saturated heterocycles. The summed E-state index contributed by atoms with van der Waals surface area (Å²) in [6.45, 7) is 2.37. The van der Waals surface area contributed by atoms with Crippen LogP contribution in [0.3, 0.4) is 0 Å². The number of amides is 1. The van der Waals surface area contributed by atoms with E-state index in [2.05, 4.69) is 27.9 Å². The minimum Gasteiger partial charge on any atom is -0.504 e. The second-order valence-electron chi connectivity index (χ2n) is 5.13. The number of ether oxygens (including phenoxy) is 2. The van der Waals surface area contributed by atoms with E-state index in [0.717, 1.165) is 3.57 Å². The van der Waals surface area contributed by atoms with Crippen LogP contribution in [0.25, 0.3) is 6.08 Å². The lowest BCUT2D eigenvalue weighted by molar-refractivity contribution is -0.112. The average molecular weight is 464 g/mol. The number of nitrogens with zero attached hydrogens (tertiary/aromatic N) is 1. The lowest BCUT2D eigenvalue weighted by Gasteiger charge is -2.09. The van der Waals surface area contributed by atoms with Crippen molar-refractivity contribution in [1.82, 2.24) is 0 Å². The van der Waals surface area contributed by atoms with Crippen molar-refractivity contribution in [2.45, 2.75) is 6.92 Å². The number of hydrogen-bond donors (Lipinski definition) is 2. The van der Waals surface area contributed by atoms with Gasteiger partial charge in [0.15, 0.2) is 11.5 Å². The molecular formula is C19H17IN2O4. The number of carbonyl (C=O) groups is 1. The predicted molar refractivity (Wildman–Crippen MR) is 107 cm³/mol. The molecule has 7 heteroatoms. The fraction of sp³-hybridized carbons (Fsp3) is 0.158. The van der Waals surface area contributed by atoms with Gasteiger partial charge in [0, 0.05) is 20.9 Å². The number of anilines is 1. The molecule has 0 aromatic heterocycles. The van der Waals surface area contributed by atoms with Crippen LogP contribution < -0.4 is 14.8 Å². The number of halogens is 1. The number of nitriles is 1. The van der Waals surface area contributed by atoms with E-state index in [1.807, 2.05) is 13.0 Å². The molecule has 0 fully saturated rings. The Kier molecular flexibility index (Phi) is 6.86. The van der Waals surface area contributed by atoms with Gasteiger partial charge >= 0.3 is 0 Å². The molecule has 0 aliphatic heterocycles. The van der Waals surface area contributed by atoms with E-state index in [9.17, 15) is 15.2 Å². The lowest BCUT2D eigenvalue weighted by atomic mass is 10.1. The van der Waals surface area contributed by atoms with Crippen LogP contribution in [-0.2, 0) is 4.79 Å². The number of aromatic hydroxyl groups is 1. The fourth-order valence-corrected chi connectivity index (χ4v) is 2.81. The van der Waals surface area contributed by atoms with Gasteiger partial charge in [-0.25, -0.2) is 0 Å². The minimum atomic E-state index is -0.585. The number of phenolic OH excluding ortho intramolecular Hbond substituents is 1. The molecule has 0 radical (unpaired) electrons. The van der Waals surface area contributed by atoms with Gasteiger partial charge in [-0.05, 0) is 59.9 Å². The van der Waals surface area contributed by atoms with Crippen LogP contribution in [0, 0.1) is 14.9 Å². The van der Waals surface area contributed by atoms with Crippen molar-refractivity contribution in [2.75, 3.05) is 19.0 Å². The Morgan fingerprint density at radius 2 is 2.15 bits per heavy atom. The summed E-state index contributed by atoms with van der Waals surface area (Å²) < 4.78 is 11.3. The molecule has 0 bridgehead atoms. The van der Waals surface area contributed by atoms with Gasteiger partial charge in [-0.2, -0.15) is 5.26 Å². The van der Waals surface area contributed by atoms with E-state index < -0.39 is 5.91 Å². The summed E-state index contributed by atoms with van der Waals surface area (Å²) in [6.07, 6.45) is 1.32. The summed E-state index contributed by atoms with van der Waals surface area (Å²) >= 11 is 2.06. The Labute approximate surface area is 165 Å². The maximum atomic E-state index is 12.4. The smallest absolute Gasteiger partial charge is 0.266 e. The number of rotatable bonds is 6. The van der Waals surface area contributed by atoms with Crippen LogP contribution in [0.1, 0.15) is 12.5 Å². The SMILES string of the molecule is CCOc1cccc(NC(=O)/C(C#N)=C\c2cc(I)cc(OC)c2O)c1. The molecule has 0 saturated carbocycles. The summed E-state index contributed by atoms with van der Waals surface area (Å²) in [5.41, 5.74) is 0.682. The highest BCUT2D eigenvalue weighted by molar-refractivity contribution is 14.1. The quantitative estimate of drug-likeness (QED) is 0.384. The first-order valence-electron chi connectivity index (χ1n) is 7.71. The van der Waals surface area contributed by atoms with Crippen molar-refractivity contribution in [1.29, 1.82) is 5.26 Å². The van der Waals surface area contributed by atoms with Crippen LogP contribution in [0.2, 0.25) is 0 Å². The molecular weight excluding hydrogens is 447 g/mol. The highest BCUT2D eigenvalue weighted by Crippen LogP contribution is 2.33. The largest absolute Gasteiger partial charge is 0.504 e. The van der Waals surface area contributed by atoms with Crippen LogP contribution in [-0.4, -0.2) is 24.7 Å². The first-order chi connectivity index (χ1) is 12.5. The van der Waals surface area contributed by atoms with Gasteiger partial charge in [-0.3, -0.25) is 4.79 Å². The van der Waals surface area contributed by atoms with Crippen LogP contribution in [0.15, 0.2) is 42.0 Å². The van der Waals surface area contributed by atoms with Crippen LogP contribution in [0.4, 0.5) is 5.69 Å². The van der Waals surface area contributed by atoms with E-state index in [1.165, 1.54) is 13.2 Å². The van der Waals surface area contributed by atoms with E-state index in [0.29, 0.717) is 23.6 Å². The standard InChI is InChI=1S/C19H17IN2O4/c1-3-26-16-6-4-5-15(10-16)22-19(24)13(11-21)7-12-8-14(20)9-17(25-2)18(12)23/h4-10,23H,3H2,1-2H3,(H,22,24)/b13-7-. The number of carbonyl (C=O) groups excluding carboxylic acids is 1. The molecule has 2 rings (SSSR count). The predicted octanol–water partition coefficient (Wildman–Crippen LogP) is 3.95. The zero-order chi connectivity index (χ0) is 19.1. The fourth-order valence-electron chi connectivity index (χ4n) is 2.19. The van der Waals surface area contributed by atoms with Crippen molar-refractivity contribution in [3.8, 4) is 23.3 Å². The lowest BCUT2D eigenvalue weighted by Crippen LogP contribution is -2.13. The van der Waals surface area contributed by atoms with Crippen LogP contribution >= 0.6 is 22.6 Å². The van der Waals surface area contributed by atoms with E-state index in [4.69, 9.17) is 9.47 Å². The summed E-state index contributed by atoms with van der Waals surface area (Å²) in [7, 11) is 1.43. The first kappa shape index (κ1) is 19.6. The molecule has 0 heterocycles. The molecule has 2 aromatic rings. The van der Waals surface area contributed by atoms with Crippen molar-refractivity contribution < 1.29 is 19.4 Å². The Bertz CT molecular complexity index is 888. The molecule has 0 aliphatic carbocycles. The van der Waals surface area contributed by atoms with Gasteiger partial charge in [-0.1, -0.05) is 6.07 Å². The summed E-state index contributed by atoms with van der Waals surface area (Å²) in [6, 6.07) is 12.0. The van der Waals surface area contributed by atoms with Gasteiger partial charge in [0.05, 0.1) is 13.7 Å². The highest BCUT2D eigenvalue weighted by Gasteiger charge is 2.14. The Hall–Kier alpha value is -2.73. The van der Waals surface area contributed by atoms with Gasteiger partial charge in [0.25, 0.3) is 5.91 Å². The second kappa shape index (κ2) is 9.10. The Morgan fingerprint density at radius 3 is 2.81 bits per heavy atom. The zero-order valence-electron chi connectivity index (χ0n) is 14.2. The average Bonchev–Trinajstić information content (AvgIpc) is 2.62. The number of nitrogens with one attached hydrogen (secondary N) is 1. The Morgan fingerprint density at radius 1 is 1.38 bits per heavy atom. The maximum Gasteiger partial charge on any atom is 0.266 e. The number of hydrogen-bond acceptors (Lipinski definition) is 5. The van der Waals surface area contributed by atoms with Gasteiger partial charge < -0.3 is 19.9 Å². The molecule has 0 aliphatic rings. The van der Waals surface area contributed by atoms with E-state index >= 15 is 0 Å². The Balaban J connectivity index is 2.30. The van der Waals surface area contributed by atoms with Crippen molar-refractivity contribution >= 4 is 40.3 Å². The first-order valence-corrected chi connectivity index (χ1v) is 8.78. The highest BCUT2D eigenvalue weighted by atomic mass is 127. The molecule has 0 spiro atoms. The molecule has 134 valence electrons. The molecule has 2 N–H and O–H groups in total. The van der Waals surface area contributed by atoms with E-state index in [-0.39, 0.29) is 17.1 Å². The second-order valence-corrected chi connectivity index (χ2v) is 6.38. The van der Waals surface area contributed by atoms with Gasteiger partial charge in [0.1, 0.15) is 17.4 Å². The third-order valence-corrected chi connectivity index (χ3v) is 3.98. The summed E-state index contributed by atoms with van der Waals surface area (Å²) in [5, 5.41) is 22.2. The molecule has 6 nitrogen and oxygen atoms in total. The molecule has 2 aromatic carbocycles. The molecule has 0 unspecified atom stereocenters. The monoisotopic (exact) mass is 464 g/mol. The number of phenols is 1. The third kappa shape index (κ3) is 4.89. The molecule has 0 atom stereocenters. The van der Waals surface area contributed by atoms with Gasteiger partial charge in [0.2, 0.25) is 0 Å². The molecule has 1 amide bonds. The summed E-state index contributed by atoms with van der Waals surface area (Å²) in [5.74, 6) is 0.170. The molecule has 26 heavy (non-hydrogen) atoms. The van der Waals surface area contributed by atoms with Crippen molar-refractivity contribution in [3.05, 3.63) is 51.1 Å². The number of methoxy groups -OCH3 is 1. The topological polar surface area (TPSA) is 91.6 Å². The zero-order valence-corrected chi connectivity index (χ0v) is 16.4. The third-order valence-electron chi connectivity index (χ3n) is 3.36.